The summed E-state index contributed by atoms with van der Waals surface area (Å²) in [6.07, 6.45) is 6.87. The van der Waals surface area contributed by atoms with E-state index in [0.717, 1.165) is 23.0 Å². The fourth-order valence-electron chi connectivity index (χ4n) is 3.82. The lowest BCUT2D eigenvalue weighted by Crippen LogP contribution is -3.20. The minimum atomic E-state index is 0.0504. The molecule has 21 heavy (non-hydrogen) atoms. The number of H-pyrrole nitrogens is 1. The Labute approximate surface area is 126 Å². The summed E-state index contributed by atoms with van der Waals surface area (Å²) in [7, 11) is 0. The predicted octanol–water partition coefficient (Wildman–Crippen LogP) is 2.59. The summed E-state index contributed by atoms with van der Waals surface area (Å²) in [4.78, 5) is 17.6. The maximum absolute atomic E-state index is 12.9. The molecule has 0 spiro atoms. The Morgan fingerprint density at radius 3 is 3.00 bits per heavy atom. The SMILES string of the molecule is CC[C@@H]1CCCC[NH+]1[C@@H](C)C(=O)c1c[nH]c2ccccc12. The minimum Gasteiger partial charge on any atom is -0.360 e. The van der Waals surface area contributed by atoms with E-state index in [0.29, 0.717) is 6.04 Å². The molecule has 1 unspecified atom stereocenters. The number of Topliss-reactive ketones (excluding diaryl/α,β-unsaturated/α-hetero) is 1. The number of hydrogen-bond acceptors (Lipinski definition) is 1. The minimum absolute atomic E-state index is 0.0504. The van der Waals surface area contributed by atoms with Crippen LogP contribution in [0.2, 0.25) is 0 Å². The number of quaternary nitrogens is 1. The van der Waals surface area contributed by atoms with Crippen molar-refractivity contribution in [2.75, 3.05) is 6.54 Å². The average molecular weight is 285 g/mol. The van der Waals surface area contributed by atoms with Gasteiger partial charge in [0.2, 0.25) is 5.78 Å². The number of carbonyl (C=O) groups is 1. The first-order valence-corrected chi connectivity index (χ1v) is 8.18. The van der Waals surface area contributed by atoms with Crippen LogP contribution in [0.25, 0.3) is 10.9 Å². The van der Waals surface area contributed by atoms with Crippen molar-refractivity contribution in [1.82, 2.24) is 4.98 Å². The van der Waals surface area contributed by atoms with Gasteiger partial charge < -0.3 is 9.88 Å². The molecule has 1 aromatic heterocycles. The normalized spacial score (nSPS) is 24.1. The van der Waals surface area contributed by atoms with Crippen LogP contribution in [0.1, 0.15) is 49.9 Å². The fourth-order valence-corrected chi connectivity index (χ4v) is 3.82. The van der Waals surface area contributed by atoms with Crippen molar-refractivity contribution < 1.29 is 9.69 Å². The number of likely N-dealkylation sites (tertiary alicyclic amines) is 1. The first-order valence-electron chi connectivity index (χ1n) is 8.18. The molecular weight excluding hydrogens is 260 g/mol. The number of nitrogens with one attached hydrogen (secondary N) is 2. The zero-order valence-electron chi connectivity index (χ0n) is 13.0. The third kappa shape index (κ3) is 2.62. The van der Waals surface area contributed by atoms with Crippen LogP contribution in [0, 0.1) is 0 Å². The lowest BCUT2D eigenvalue weighted by molar-refractivity contribution is -0.943. The summed E-state index contributed by atoms with van der Waals surface area (Å²) in [5.41, 5.74) is 1.90. The van der Waals surface area contributed by atoms with Crippen LogP contribution < -0.4 is 4.90 Å². The molecule has 1 saturated heterocycles. The molecule has 0 bridgehead atoms. The van der Waals surface area contributed by atoms with Gasteiger partial charge in [-0.2, -0.15) is 0 Å². The molecule has 0 amide bonds. The molecule has 1 aromatic carbocycles. The third-order valence-electron chi connectivity index (χ3n) is 5.09. The van der Waals surface area contributed by atoms with Crippen LogP contribution in [-0.4, -0.2) is 29.4 Å². The van der Waals surface area contributed by atoms with Gasteiger partial charge in [-0.1, -0.05) is 25.1 Å². The highest BCUT2D eigenvalue weighted by molar-refractivity contribution is 6.09. The number of piperidine rings is 1. The quantitative estimate of drug-likeness (QED) is 0.833. The second-order valence-corrected chi connectivity index (χ2v) is 6.26. The van der Waals surface area contributed by atoms with Crippen LogP contribution in [-0.2, 0) is 0 Å². The summed E-state index contributed by atoms with van der Waals surface area (Å²) in [5.74, 6) is 0.280. The number of para-hydroxylation sites is 1. The van der Waals surface area contributed by atoms with E-state index in [1.807, 2.05) is 30.5 Å². The van der Waals surface area contributed by atoms with Gasteiger partial charge in [0.15, 0.2) is 0 Å². The van der Waals surface area contributed by atoms with E-state index < -0.39 is 0 Å². The highest BCUT2D eigenvalue weighted by Crippen LogP contribution is 2.19. The largest absolute Gasteiger partial charge is 0.360 e. The number of ketones is 1. The monoisotopic (exact) mass is 285 g/mol. The maximum Gasteiger partial charge on any atom is 0.221 e. The highest BCUT2D eigenvalue weighted by atomic mass is 16.1. The van der Waals surface area contributed by atoms with Crippen molar-refractivity contribution in [2.45, 2.75) is 51.6 Å². The van der Waals surface area contributed by atoms with Crippen LogP contribution in [0.15, 0.2) is 30.5 Å². The van der Waals surface area contributed by atoms with Crippen molar-refractivity contribution in [3.05, 3.63) is 36.0 Å². The Morgan fingerprint density at radius 2 is 2.19 bits per heavy atom. The first-order chi connectivity index (χ1) is 10.2. The fraction of sp³-hybridized carbons (Fsp3) is 0.500. The molecule has 1 aliphatic rings. The van der Waals surface area contributed by atoms with E-state index in [-0.39, 0.29) is 11.8 Å². The molecule has 3 heteroatoms. The Kier molecular flexibility index (Phi) is 4.11. The molecule has 3 nitrogen and oxygen atoms in total. The van der Waals surface area contributed by atoms with E-state index in [9.17, 15) is 4.79 Å². The Morgan fingerprint density at radius 1 is 1.38 bits per heavy atom. The standard InChI is InChI=1S/C18H24N2O/c1-3-14-8-6-7-11-20(14)13(2)18(21)16-12-19-17-10-5-4-9-15(16)17/h4-5,9-10,12-14,19H,3,6-8,11H2,1-2H3/p+1/t13-,14+/m0/s1. The number of aromatic nitrogens is 1. The first kappa shape index (κ1) is 14.3. The Balaban J connectivity index is 1.87. The van der Waals surface area contributed by atoms with Gasteiger partial charge in [0.25, 0.3) is 0 Å². The molecule has 2 heterocycles. The van der Waals surface area contributed by atoms with Gasteiger partial charge in [0, 0.05) is 22.7 Å². The van der Waals surface area contributed by atoms with E-state index in [4.69, 9.17) is 0 Å². The van der Waals surface area contributed by atoms with E-state index in [1.165, 1.54) is 30.6 Å². The molecule has 1 aliphatic heterocycles. The zero-order valence-corrected chi connectivity index (χ0v) is 13.0. The van der Waals surface area contributed by atoms with Gasteiger partial charge in [-0.3, -0.25) is 4.79 Å². The Bertz CT molecular complexity index is 631. The number of carbonyl (C=O) groups excluding carboxylic acids is 1. The van der Waals surface area contributed by atoms with Crippen molar-refractivity contribution in [3.63, 3.8) is 0 Å². The van der Waals surface area contributed by atoms with Gasteiger partial charge >= 0.3 is 0 Å². The van der Waals surface area contributed by atoms with Crippen LogP contribution in [0.5, 0.6) is 0 Å². The van der Waals surface area contributed by atoms with Crippen molar-refractivity contribution in [1.29, 1.82) is 0 Å². The number of rotatable bonds is 4. The van der Waals surface area contributed by atoms with Crippen LogP contribution >= 0.6 is 0 Å². The number of fused-ring (bicyclic) bond motifs is 1. The number of aromatic amines is 1. The summed E-state index contributed by atoms with van der Waals surface area (Å²) < 4.78 is 0. The Hall–Kier alpha value is -1.61. The summed E-state index contributed by atoms with van der Waals surface area (Å²) in [6.45, 7) is 5.49. The van der Waals surface area contributed by atoms with Crippen molar-refractivity contribution >= 4 is 16.7 Å². The average Bonchev–Trinajstić information content (AvgIpc) is 2.97. The smallest absolute Gasteiger partial charge is 0.221 e. The lowest BCUT2D eigenvalue weighted by atomic mass is 9.95. The summed E-state index contributed by atoms with van der Waals surface area (Å²) in [5, 5.41) is 1.05. The van der Waals surface area contributed by atoms with Gasteiger partial charge in [0.1, 0.15) is 6.04 Å². The molecule has 0 aliphatic carbocycles. The molecule has 3 atom stereocenters. The second kappa shape index (κ2) is 6.02. The molecule has 2 aromatic rings. The molecule has 0 radical (unpaired) electrons. The van der Waals surface area contributed by atoms with E-state index >= 15 is 0 Å². The van der Waals surface area contributed by atoms with Crippen LogP contribution in [0.3, 0.4) is 0 Å². The van der Waals surface area contributed by atoms with Gasteiger partial charge in [-0.05, 0) is 38.7 Å². The number of hydrogen-bond donors (Lipinski definition) is 2. The van der Waals surface area contributed by atoms with Gasteiger partial charge in [-0.25, -0.2) is 0 Å². The zero-order chi connectivity index (χ0) is 14.8. The molecule has 1 fully saturated rings. The second-order valence-electron chi connectivity index (χ2n) is 6.26. The molecule has 0 saturated carbocycles. The number of benzene rings is 1. The molecular formula is C18H25N2O+. The van der Waals surface area contributed by atoms with E-state index in [1.54, 1.807) is 0 Å². The maximum atomic E-state index is 12.9. The topological polar surface area (TPSA) is 37.3 Å². The van der Waals surface area contributed by atoms with E-state index in [2.05, 4.69) is 18.8 Å². The third-order valence-corrected chi connectivity index (χ3v) is 5.09. The van der Waals surface area contributed by atoms with Crippen molar-refractivity contribution in [3.8, 4) is 0 Å². The summed E-state index contributed by atoms with van der Waals surface area (Å²) in [6, 6.07) is 8.76. The molecule has 112 valence electrons. The van der Waals surface area contributed by atoms with Crippen molar-refractivity contribution in [2.24, 2.45) is 0 Å². The highest BCUT2D eigenvalue weighted by Gasteiger charge is 2.34. The predicted molar refractivity (Wildman–Crippen MR) is 85.9 cm³/mol. The van der Waals surface area contributed by atoms with Gasteiger partial charge in [-0.15, -0.1) is 0 Å². The lowest BCUT2D eigenvalue weighted by Gasteiger charge is -2.35. The van der Waals surface area contributed by atoms with Crippen LogP contribution in [0.4, 0.5) is 0 Å². The molecule has 2 N–H and O–H groups in total. The summed E-state index contributed by atoms with van der Waals surface area (Å²) >= 11 is 0. The molecule has 3 rings (SSSR count). The van der Waals surface area contributed by atoms with Gasteiger partial charge in [0.05, 0.1) is 12.6 Å².